The van der Waals surface area contributed by atoms with Crippen LogP contribution < -0.4 is 0 Å². The molecule has 1 heterocycles. The van der Waals surface area contributed by atoms with Crippen molar-refractivity contribution in [1.82, 2.24) is 0 Å². The number of ether oxygens (including phenoxy) is 1. The summed E-state index contributed by atoms with van der Waals surface area (Å²) in [5.41, 5.74) is 0. The summed E-state index contributed by atoms with van der Waals surface area (Å²) in [5, 5.41) is 19.6. The summed E-state index contributed by atoms with van der Waals surface area (Å²) in [4.78, 5) is 0. The van der Waals surface area contributed by atoms with Gasteiger partial charge in [0.1, 0.15) is 18.3 Å². The summed E-state index contributed by atoms with van der Waals surface area (Å²) in [6.45, 7) is 5.63. The lowest BCUT2D eigenvalue weighted by Crippen LogP contribution is -2.34. The fourth-order valence-corrected chi connectivity index (χ4v) is 2.39. The van der Waals surface area contributed by atoms with Crippen molar-refractivity contribution in [2.45, 2.75) is 37.3 Å². The Morgan fingerprint density at radius 1 is 1.41 bits per heavy atom. The molecule has 1 rings (SSSR count). The molecule has 1 aliphatic rings. The summed E-state index contributed by atoms with van der Waals surface area (Å²) in [5.74, 6) is 0. The lowest BCUT2D eigenvalue weighted by atomic mass is 10.0. The van der Waals surface area contributed by atoms with E-state index in [9.17, 15) is 10.2 Å². The Morgan fingerprint density at radius 2 is 2.00 bits per heavy atom. The first-order valence-electron chi connectivity index (χ1n) is 5.56. The highest BCUT2D eigenvalue weighted by atomic mass is 32.7. The Morgan fingerprint density at radius 3 is 2.53 bits per heavy atom. The molecule has 0 aromatic heterocycles. The SMILES string of the molecule is C=CCCC1OC(COP(=C)(C)S)C(O)C1O. The Bertz CT molecular complexity index is 304. The topological polar surface area (TPSA) is 58.9 Å². The molecule has 1 aliphatic heterocycles. The first-order chi connectivity index (χ1) is 7.85. The first kappa shape index (κ1) is 15.3. The molecule has 2 N–H and O–H groups in total. The maximum Gasteiger partial charge on any atom is 0.111 e. The zero-order valence-corrected chi connectivity index (χ0v) is 11.8. The number of hydrogen-bond donors (Lipinski definition) is 3. The normalized spacial score (nSPS) is 36.7. The van der Waals surface area contributed by atoms with E-state index in [4.69, 9.17) is 9.26 Å². The molecule has 100 valence electrons. The third-order valence-electron chi connectivity index (χ3n) is 2.63. The number of rotatable bonds is 6. The molecule has 6 heteroatoms. The predicted octanol–water partition coefficient (Wildman–Crippen LogP) is 1.30. The van der Waals surface area contributed by atoms with Gasteiger partial charge < -0.3 is 19.5 Å². The minimum atomic E-state index is -1.90. The summed E-state index contributed by atoms with van der Waals surface area (Å²) in [6.07, 6.45) is 2.40. The lowest BCUT2D eigenvalue weighted by Gasteiger charge is -2.19. The molecule has 0 bridgehead atoms. The van der Waals surface area contributed by atoms with Gasteiger partial charge >= 0.3 is 0 Å². The molecule has 1 fully saturated rings. The number of allylic oxidation sites excluding steroid dienone is 1. The van der Waals surface area contributed by atoms with Gasteiger partial charge in [-0.3, -0.25) is 0 Å². The van der Waals surface area contributed by atoms with Crippen molar-refractivity contribution in [3.63, 3.8) is 0 Å². The van der Waals surface area contributed by atoms with Gasteiger partial charge in [-0.2, -0.15) is 0 Å². The van der Waals surface area contributed by atoms with Gasteiger partial charge in [-0.05, 0) is 19.5 Å². The van der Waals surface area contributed by atoms with Gasteiger partial charge in [-0.25, -0.2) is 0 Å². The molecule has 0 spiro atoms. The molecular weight excluding hydrogens is 259 g/mol. The number of hydrogen-bond acceptors (Lipinski definition) is 5. The second kappa shape index (κ2) is 6.41. The molecule has 1 saturated heterocycles. The fraction of sp³-hybridized carbons (Fsp3) is 0.727. The van der Waals surface area contributed by atoms with Gasteiger partial charge in [0.05, 0.1) is 12.7 Å². The minimum absolute atomic E-state index is 0.208. The maximum atomic E-state index is 9.81. The van der Waals surface area contributed by atoms with E-state index in [1.54, 1.807) is 6.08 Å². The van der Waals surface area contributed by atoms with Gasteiger partial charge in [0.15, 0.2) is 0 Å². The highest BCUT2D eigenvalue weighted by molar-refractivity contribution is 8.49. The highest BCUT2D eigenvalue weighted by Crippen LogP contribution is 2.47. The standard InChI is InChI=1S/C11H21O4PS/c1-4-5-6-8-10(12)11(13)9(15-8)7-14-16(2,3)17/h4,8-13,17H,1-2,5-7H2,3H3. The molecule has 0 aromatic rings. The molecular formula is C11H21O4PS. The quantitative estimate of drug-likeness (QED) is 0.390. The van der Waals surface area contributed by atoms with Crippen molar-refractivity contribution in [3.8, 4) is 0 Å². The molecule has 0 saturated carbocycles. The van der Waals surface area contributed by atoms with Crippen LogP contribution in [0.15, 0.2) is 12.7 Å². The van der Waals surface area contributed by atoms with E-state index in [1.165, 1.54) is 0 Å². The van der Waals surface area contributed by atoms with Gasteiger partial charge in [-0.15, -0.1) is 18.8 Å². The van der Waals surface area contributed by atoms with Crippen LogP contribution in [0.3, 0.4) is 0 Å². The van der Waals surface area contributed by atoms with Crippen molar-refractivity contribution in [3.05, 3.63) is 12.7 Å². The Balaban J connectivity index is 2.47. The third-order valence-corrected chi connectivity index (χ3v) is 3.69. The molecule has 4 nitrogen and oxygen atoms in total. The van der Waals surface area contributed by atoms with Crippen LogP contribution in [-0.4, -0.2) is 54.2 Å². The predicted molar refractivity (Wildman–Crippen MR) is 75.0 cm³/mol. The van der Waals surface area contributed by atoms with Crippen LogP contribution in [-0.2, 0) is 9.26 Å². The van der Waals surface area contributed by atoms with Gasteiger partial charge in [0.2, 0.25) is 0 Å². The summed E-state index contributed by atoms with van der Waals surface area (Å²) < 4.78 is 11.0. The Kier molecular flexibility index (Phi) is 5.77. The van der Waals surface area contributed by atoms with E-state index in [-0.39, 0.29) is 12.7 Å². The zero-order valence-electron chi connectivity index (χ0n) is 10.0. The number of aliphatic hydroxyl groups excluding tert-OH is 2. The molecule has 0 amide bonds. The summed E-state index contributed by atoms with van der Waals surface area (Å²) in [7, 11) is 0. The van der Waals surface area contributed by atoms with Crippen LogP contribution in [0.2, 0.25) is 0 Å². The van der Waals surface area contributed by atoms with Crippen LogP contribution in [0.1, 0.15) is 12.8 Å². The molecule has 0 aliphatic carbocycles. The Hall–Kier alpha value is 0.230. The lowest BCUT2D eigenvalue weighted by molar-refractivity contribution is -0.0156. The van der Waals surface area contributed by atoms with E-state index in [0.717, 1.165) is 6.42 Å². The van der Waals surface area contributed by atoms with Gasteiger partial charge in [0.25, 0.3) is 0 Å². The van der Waals surface area contributed by atoms with Crippen molar-refractivity contribution >= 4 is 24.9 Å². The largest absolute Gasteiger partial charge is 0.388 e. The van der Waals surface area contributed by atoms with Gasteiger partial charge in [0, 0.05) is 6.31 Å². The van der Waals surface area contributed by atoms with Crippen LogP contribution in [0.4, 0.5) is 0 Å². The zero-order chi connectivity index (χ0) is 13.1. The molecule has 17 heavy (non-hydrogen) atoms. The van der Waals surface area contributed by atoms with E-state index < -0.39 is 24.6 Å². The monoisotopic (exact) mass is 280 g/mol. The van der Waals surface area contributed by atoms with Crippen LogP contribution in [0.5, 0.6) is 0 Å². The summed E-state index contributed by atoms with van der Waals surface area (Å²) in [6, 6.07) is 0. The third kappa shape index (κ3) is 4.78. The van der Waals surface area contributed by atoms with Crippen LogP contribution >= 0.6 is 18.6 Å². The summed E-state index contributed by atoms with van der Waals surface area (Å²) >= 11 is 4.22. The van der Waals surface area contributed by atoms with E-state index in [2.05, 4.69) is 25.1 Å². The van der Waals surface area contributed by atoms with E-state index >= 15 is 0 Å². The molecule has 0 aromatic carbocycles. The molecule has 0 radical (unpaired) electrons. The fourth-order valence-electron chi connectivity index (χ4n) is 1.72. The second-order valence-corrected chi connectivity index (χ2v) is 9.31. The van der Waals surface area contributed by atoms with E-state index in [1.807, 2.05) is 6.66 Å². The molecule has 5 unspecified atom stereocenters. The van der Waals surface area contributed by atoms with E-state index in [0.29, 0.717) is 6.42 Å². The van der Waals surface area contributed by atoms with Crippen molar-refractivity contribution < 1.29 is 19.5 Å². The first-order valence-corrected chi connectivity index (χ1v) is 9.05. The van der Waals surface area contributed by atoms with Crippen molar-refractivity contribution in [2.24, 2.45) is 0 Å². The smallest absolute Gasteiger partial charge is 0.111 e. The number of aliphatic hydroxyl groups is 2. The van der Waals surface area contributed by atoms with Crippen molar-refractivity contribution in [2.75, 3.05) is 13.3 Å². The van der Waals surface area contributed by atoms with Gasteiger partial charge in [-0.1, -0.05) is 12.4 Å². The number of thiol groups is 1. The minimum Gasteiger partial charge on any atom is -0.388 e. The maximum absolute atomic E-state index is 9.81. The average molecular weight is 280 g/mol. The van der Waals surface area contributed by atoms with Crippen LogP contribution in [0, 0.1) is 0 Å². The van der Waals surface area contributed by atoms with Crippen LogP contribution in [0.25, 0.3) is 0 Å². The highest BCUT2D eigenvalue weighted by Gasteiger charge is 2.42. The second-order valence-electron chi connectivity index (χ2n) is 4.41. The van der Waals surface area contributed by atoms with Crippen molar-refractivity contribution in [1.29, 1.82) is 0 Å². The Labute approximate surface area is 108 Å². The molecule has 5 atom stereocenters. The average Bonchev–Trinajstić information content (AvgIpc) is 2.50.